The van der Waals surface area contributed by atoms with Crippen LogP contribution in [0.4, 0.5) is 0 Å². The fourth-order valence-electron chi connectivity index (χ4n) is 1.93. The summed E-state index contributed by atoms with van der Waals surface area (Å²) in [5.41, 5.74) is 0. The van der Waals surface area contributed by atoms with E-state index in [1.165, 1.54) is 0 Å². The molecule has 0 aliphatic carbocycles. The van der Waals surface area contributed by atoms with E-state index in [2.05, 4.69) is 13.8 Å². The van der Waals surface area contributed by atoms with Gasteiger partial charge in [0.25, 0.3) is 7.82 Å². The highest BCUT2D eigenvalue weighted by Crippen LogP contribution is 2.42. The molecule has 0 rings (SSSR count). The van der Waals surface area contributed by atoms with Crippen LogP contribution in [0.1, 0.15) is 79.1 Å². The zero-order valence-electron chi connectivity index (χ0n) is 12.9. The standard InChI is InChI=1S/C14H31O4P/c1-5-7-9-11-13(3)17-19(15,16)18-14(4)12-10-8-6-2/h13-14H,5-12H2,1-4H3,(H,15,16)/p-1. The molecule has 0 bridgehead atoms. The van der Waals surface area contributed by atoms with E-state index in [1.54, 1.807) is 13.8 Å². The largest absolute Gasteiger partial charge is 0.756 e. The summed E-state index contributed by atoms with van der Waals surface area (Å²) in [7, 11) is -4.15. The number of phosphoric ester groups is 1. The van der Waals surface area contributed by atoms with Crippen LogP contribution >= 0.6 is 7.82 Å². The molecular formula is C14H30O4P-. The third-order valence-electron chi connectivity index (χ3n) is 3.05. The summed E-state index contributed by atoms with van der Waals surface area (Å²) in [6.07, 6.45) is 7.35. The first kappa shape index (κ1) is 19.1. The van der Waals surface area contributed by atoms with E-state index < -0.39 is 7.82 Å². The molecule has 0 N–H and O–H groups in total. The molecule has 0 amide bonds. The van der Waals surface area contributed by atoms with Gasteiger partial charge in [0, 0.05) is 0 Å². The summed E-state index contributed by atoms with van der Waals surface area (Å²) in [5.74, 6) is 0. The summed E-state index contributed by atoms with van der Waals surface area (Å²) in [6.45, 7) is 7.80. The van der Waals surface area contributed by atoms with E-state index >= 15 is 0 Å². The van der Waals surface area contributed by atoms with Gasteiger partial charge in [-0.25, -0.2) is 0 Å². The minimum atomic E-state index is -4.15. The van der Waals surface area contributed by atoms with Gasteiger partial charge in [-0.2, -0.15) is 0 Å². The Balaban J connectivity index is 3.91. The van der Waals surface area contributed by atoms with Crippen LogP contribution in [0.15, 0.2) is 0 Å². The number of hydrogen-bond donors (Lipinski definition) is 0. The molecule has 0 heterocycles. The zero-order chi connectivity index (χ0) is 14.7. The van der Waals surface area contributed by atoms with Crippen molar-refractivity contribution in [2.24, 2.45) is 0 Å². The lowest BCUT2D eigenvalue weighted by molar-refractivity contribution is -0.232. The van der Waals surface area contributed by atoms with Gasteiger partial charge in [-0.15, -0.1) is 0 Å². The molecule has 0 saturated carbocycles. The molecule has 0 aliphatic heterocycles. The van der Waals surface area contributed by atoms with Crippen molar-refractivity contribution in [1.29, 1.82) is 0 Å². The van der Waals surface area contributed by atoms with Crippen LogP contribution in [-0.2, 0) is 13.6 Å². The SMILES string of the molecule is CCCCCC(C)OP(=O)([O-])OC(C)CCCCC. The Morgan fingerprint density at radius 3 is 1.58 bits per heavy atom. The fraction of sp³-hybridized carbons (Fsp3) is 1.00. The maximum absolute atomic E-state index is 11.7. The van der Waals surface area contributed by atoms with Crippen molar-refractivity contribution in [2.45, 2.75) is 91.3 Å². The molecule has 0 aromatic heterocycles. The quantitative estimate of drug-likeness (QED) is 0.394. The first-order chi connectivity index (χ1) is 8.91. The van der Waals surface area contributed by atoms with E-state index in [4.69, 9.17) is 9.05 Å². The highest BCUT2D eigenvalue weighted by molar-refractivity contribution is 7.45. The highest BCUT2D eigenvalue weighted by atomic mass is 31.2. The second-order valence-corrected chi connectivity index (χ2v) is 6.59. The summed E-state index contributed by atoms with van der Waals surface area (Å²) in [5, 5.41) is 0. The number of hydrogen-bond acceptors (Lipinski definition) is 4. The summed E-state index contributed by atoms with van der Waals surface area (Å²) in [6, 6.07) is 0. The van der Waals surface area contributed by atoms with E-state index in [0.29, 0.717) is 0 Å². The second kappa shape index (κ2) is 10.8. The molecule has 4 nitrogen and oxygen atoms in total. The van der Waals surface area contributed by atoms with Crippen molar-refractivity contribution < 1.29 is 18.5 Å². The van der Waals surface area contributed by atoms with Crippen LogP contribution in [0.5, 0.6) is 0 Å². The van der Waals surface area contributed by atoms with E-state index in [1.807, 2.05) is 0 Å². The highest BCUT2D eigenvalue weighted by Gasteiger charge is 2.17. The van der Waals surface area contributed by atoms with E-state index in [9.17, 15) is 9.46 Å². The lowest BCUT2D eigenvalue weighted by Crippen LogP contribution is -2.19. The lowest BCUT2D eigenvalue weighted by Gasteiger charge is -2.29. The van der Waals surface area contributed by atoms with Gasteiger partial charge in [-0.1, -0.05) is 52.4 Å². The van der Waals surface area contributed by atoms with Crippen LogP contribution in [-0.4, -0.2) is 12.2 Å². The molecule has 2 atom stereocenters. The van der Waals surface area contributed by atoms with Gasteiger partial charge in [0.05, 0.1) is 12.2 Å². The minimum absolute atomic E-state index is 0.294. The third-order valence-corrected chi connectivity index (χ3v) is 4.28. The van der Waals surface area contributed by atoms with Crippen molar-refractivity contribution in [3.63, 3.8) is 0 Å². The molecule has 0 aliphatic rings. The molecule has 19 heavy (non-hydrogen) atoms. The number of unbranched alkanes of at least 4 members (excludes halogenated alkanes) is 4. The fourth-order valence-corrected chi connectivity index (χ4v) is 3.08. The Labute approximate surface area is 118 Å². The minimum Gasteiger partial charge on any atom is -0.756 e. The van der Waals surface area contributed by atoms with Crippen LogP contribution < -0.4 is 4.89 Å². The van der Waals surface area contributed by atoms with Crippen molar-refractivity contribution in [3.8, 4) is 0 Å². The normalized spacial score (nSPS) is 17.9. The molecule has 0 fully saturated rings. The molecular weight excluding hydrogens is 263 g/mol. The van der Waals surface area contributed by atoms with Crippen molar-refractivity contribution >= 4 is 7.82 Å². The van der Waals surface area contributed by atoms with Crippen LogP contribution in [0.3, 0.4) is 0 Å². The van der Waals surface area contributed by atoms with Gasteiger partial charge in [0.2, 0.25) is 0 Å². The first-order valence-electron chi connectivity index (χ1n) is 7.59. The van der Waals surface area contributed by atoms with Crippen molar-refractivity contribution in [2.75, 3.05) is 0 Å². The lowest BCUT2D eigenvalue weighted by atomic mass is 10.1. The molecule has 0 spiro atoms. The molecule has 2 unspecified atom stereocenters. The van der Waals surface area contributed by atoms with Gasteiger partial charge in [-0.3, -0.25) is 4.57 Å². The summed E-state index contributed by atoms with van der Waals surface area (Å²) in [4.78, 5) is 11.7. The van der Waals surface area contributed by atoms with Gasteiger partial charge >= 0.3 is 0 Å². The monoisotopic (exact) mass is 293 g/mol. The molecule has 0 aromatic rings. The molecule has 116 valence electrons. The Kier molecular flexibility index (Phi) is 10.9. The van der Waals surface area contributed by atoms with Gasteiger partial charge in [0.1, 0.15) is 0 Å². The second-order valence-electron chi connectivity index (χ2n) is 5.27. The summed E-state index contributed by atoms with van der Waals surface area (Å²) < 4.78 is 21.8. The molecule has 0 aromatic carbocycles. The Hall–Kier alpha value is 0.110. The van der Waals surface area contributed by atoms with Gasteiger partial charge in [0.15, 0.2) is 0 Å². The average molecular weight is 293 g/mol. The number of rotatable bonds is 12. The predicted molar refractivity (Wildman–Crippen MR) is 77.0 cm³/mol. The Bertz CT molecular complexity index is 236. The topological polar surface area (TPSA) is 58.6 Å². The third kappa shape index (κ3) is 11.6. The number of phosphoric acid groups is 1. The molecule has 5 heteroatoms. The maximum atomic E-state index is 11.7. The Morgan fingerprint density at radius 1 is 0.895 bits per heavy atom. The van der Waals surface area contributed by atoms with Crippen molar-refractivity contribution in [1.82, 2.24) is 0 Å². The van der Waals surface area contributed by atoms with Crippen LogP contribution in [0.25, 0.3) is 0 Å². The van der Waals surface area contributed by atoms with Crippen LogP contribution in [0, 0.1) is 0 Å². The van der Waals surface area contributed by atoms with Crippen molar-refractivity contribution in [3.05, 3.63) is 0 Å². The zero-order valence-corrected chi connectivity index (χ0v) is 13.8. The maximum Gasteiger partial charge on any atom is 0.268 e. The first-order valence-corrected chi connectivity index (χ1v) is 9.05. The summed E-state index contributed by atoms with van der Waals surface area (Å²) >= 11 is 0. The van der Waals surface area contributed by atoms with Gasteiger partial charge in [-0.05, 0) is 26.7 Å². The van der Waals surface area contributed by atoms with E-state index in [-0.39, 0.29) is 12.2 Å². The molecule has 0 saturated heterocycles. The average Bonchev–Trinajstić information content (AvgIpc) is 2.28. The smallest absolute Gasteiger partial charge is 0.268 e. The van der Waals surface area contributed by atoms with Gasteiger partial charge < -0.3 is 13.9 Å². The van der Waals surface area contributed by atoms with E-state index in [0.717, 1.165) is 51.4 Å². The molecule has 0 radical (unpaired) electrons. The Morgan fingerprint density at radius 2 is 1.26 bits per heavy atom. The predicted octanol–water partition coefficient (Wildman–Crippen LogP) is 4.43. The van der Waals surface area contributed by atoms with Crippen LogP contribution in [0.2, 0.25) is 0 Å².